The van der Waals surface area contributed by atoms with E-state index >= 15 is 0 Å². The lowest BCUT2D eigenvalue weighted by atomic mass is 9.74. The fourth-order valence-electron chi connectivity index (χ4n) is 4.89. The Bertz CT molecular complexity index is 418. The normalized spacial score (nSPS) is 37.5. The van der Waals surface area contributed by atoms with Gasteiger partial charge in [-0.15, -0.1) is 0 Å². The molecule has 4 fully saturated rings. The van der Waals surface area contributed by atoms with Crippen LogP contribution in [0.3, 0.4) is 0 Å². The number of nitrogens with zero attached hydrogens (tertiary/aromatic N) is 2. The molecule has 0 aromatic rings. The van der Waals surface area contributed by atoms with E-state index in [-0.39, 0.29) is 17.4 Å². The fraction of sp³-hybridized carbons (Fsp3) is 0.941. The second-order valence-corrected chi connectivity index (χ2v) is 7.41. The zero-order chi connectivity index (χ0) is 15.0. The molecule has 4 aliphatic rings. The number of fused-ring (bicyclic) bond motifs is 1. The fourth-order valence-corrected chi connectivity index (χ4v) is 4.89. The average molecular weight is 308 g/mol. The summed E-state index contributed by atoms with van der Waals surface area (Å²) in [5.74, 6) is 0.188. The maximum Gasteiger partial charge on any atom is 0.256 e. The van der Waals surface area contributed by atoms with Crippen LogP contribution in [0, 0.1) is 5.41 Å². The van der Waals surface area contributed by atoms with Crippen LogP contribution in [0.5, 0.6) is 0 Å². The highest BCUT2D eigenvalue weighted by molar-refractivity contribution is 5.83. The van der Waals surface area contributed by atoms with Crippen LogP contribution in [-0.4, -0.2) is 60.9 Å². The number of likely N-dealkylation sites (tertiary alicyclic amines) is 1. The van der Waals surface area contributed by atoms with Crippen molar-refractivity contribution < 1.29 is 14.4 Å². The summed E-state index contributed by atoms with van der Waals surface area (Å²) >= 11 is 0. The molecule has 4 rings (SSSR count). The van der Waals surface area contributed by atoms with Gasteiger partial charge in [-0.25, -0.2) is 5.06 Å². The molecule has 5 heteroatoms. The van der Waals surface area contributed by atoms with Crippen molar-refractivity contribution in [1.82, 2.24) is 9.96 Å². The summed E-state index contributed by atoms with van der Waals surface area (Å²) in [4.78, 5) is 21.3. The lowest BCUT2D eigenvalue weighted by molar-refractivity contribution is -0.188. The Labute approximate surface area is 132 Å². The lowest BCUT2D eigenvalue weighted by Gasteiger charge is -2.47. The topological polar surface area (TPSA) is 42.0 Å². The molecule has 5 nitrogen and oxygen atoms in total. The molecular formula is C17H28N2O3. The Balaban J connectivity index is 1.52. The van der Waals surface area contributed by atoms with Crippen LogP contribution in [0.2, 0.25) is 0 Å². The maximum absolute atomic E-state index is 13.1. The summed E-state index contributed by atoms with van der Waals surface area (Å²) in [5.41, 5.74) is -0.347. The highest BCUT2D eigenvalue weighted by Gasteiger charge is 2.55. The first-order chi connectivity index (χ1) is 10.8. The molecule has 22 heavy (non-hydrogen) atoms. The van der Waals surface area contributed by atoms with Crippen molar-refractivity contribution in [1.29, 1.82) is 0 Å². The van der Waals surface area contributed by atoms with E-state index < -0.39 is 0 Å². The second kappa shape index (κ2) is 6.10. The van der Waals surface area contributed by atoms with Crippen molar-refractivity contribution in [2.75, 3.05) is 32.8 Å². The molecule has 0 aromatic heterocycles. The molecule has 0 unspecified atom stereocenters. The standard InChI is InChI=1S/C17H28N2O3/c20-16(19-9-4-11-22-19)17-8-12-21-15(17)7-10-18(13-17)14-5-2-1-3-6-14/h14-15H,1-13H2/t15-,17-/m0/s1. The van der Waals surface area contributed by atoms with Crippen LogP contribution in [0.4, 0.5) is 0 Å². The first-order valence-corrected chi connectivity index (χ1v) is 9.10. The molecular weight excluding hydrogens is 280 g/mol. The molecule has 3 heterocycles. The van der Waals surface area contributed by atoms with Crippen LogP contribution >= 0.6 is 0 Å². The number of ether oxygens (including phenoxy) is 1. The van der Waals surface area contributed by atoms with Gasteiger partial charge in [-0.2, -0.15) is 0 Å². The van der Waals surface area contributed by atoms with E-state index in [4.69, 9.17) is 9.57 Å². The zero-order valence-corrected chi connectivity index (χ0v) is 13.5. The van der Waals surface area contributed by atoms with Gasteiger partial charge in [0.2, 0.25) is 0 Å². The zero-order valence-electron chi connectivity index (χ0n) is 13.5. The average Bonchev–Trinajstić information content (AvgIpc) is 3.24. The highest BCUT2D eigenvalue weighted by Crippen LogP contribution is 2.44. The van der Waals surface area contributed by atoms with Crippen LogP contribution < -0.4 is 0 Å². The number of hydroxylamine groups is 2. The van der Waals surface area contributed by atoms with Gasteiger partial charge >= 0.3 is 0 Å². The number of carbonyl (C=O) groups is 1. The van der Waals surface area contributed by atoms with Crippen LogP contribution in [0.25, 0.3) is 0 Å². The summed E-state index contributed by atoms with van der Waals surface area (Å²) < 4.78 is 5.95. The van der Waals surface area contributed by atoms with Gasteiger partial charge < -0.3 is 4.74 Å². The minimum Gasteiger partial charge on any atom is -0.377 e. The van der Waals surface area contributed by atoms with Gasteiger partial charge in [0.15, 0.2) is 0 Å². The molecule has 0 aromatic carbocycles. The lowest BCUT2D eigenvalue weighted by Crippen LogP contribution is -2.59. The van der Waals surface area contributed by atoms with E-state index in [0.29, 0.717) is 12.6 Å². The van der Waals surface area contributed by atoms with Crippen molar-refractivity contribution in [3.63, 3.8) is 0 Å². The minimum absolute atomic E-state index is 0.101. The van der Waals surface area contributed by atoms with E-state index in [1.807, 2.05) is 0 Å². The maximum atomic E-state index is 13.1. The van der Waals surface area contributed by atoms with Crippen LogP contribution in [-0.2, 0) is 14.4 Å². The molecule has 0 spiro atoms. The Morgan fingerprint density at radius 2 is 1.86 bits per heavy atom. The third-order valence-electron chi connectivity index (χ3n) is 6.14. The molecule has 1 saturated carbocycles. The molecule has 3 aliphatic heterocycles. The molecule has 3 saturated heterocycles. The Morgan fingerprint density at radius 3 is 2.64 bits per heavy atom. The van der Waals surface area contributed by atoms with Gasteiger partial charge in [0.25, 0.3) is 5.91 Å². The quantitative estimate of drug-likeness (QED) is 0.782. The third kappa shape index (κ3) is 2.47. The molecule has 0 bridgehead atoms. The summed E-state index contributed by atoms with van der Waals surface area (Å²) in [6.07, 6.45) is 9.58. The smallest absolute Gasteiger partial charge is 0.256 e. The summed E-state index contributed by atoms with van der Waals surface area (Å²) in [5, 5.41) is 1.63. The number of hydrogen-bond acceptors (Lipinski definition) is 4. The van der Waals surface area contributed by atoms with Crippen molar-refractivity contribution in [2.45, 2.75) is 63.5 Å². The number of piperidine rings is 1. The summed E-state index contributed by atoms with van der Waals surface area (Å²) in [7, 11) is 0. The van der Waals surface area contributed by atoms with Gasteiger partial charge in [-0.3, -0.25) is 14.5 Å². The number of hydrogen-bond donors (Lipinski definition) is 0. The van der Waals surface area contributed by atoms with Crippen molar-refractivity contribution in [2.24, 2.45) is 5.41 Å². The monoisotopic (exact) mass is 308 g/mol. The Morgan fingerprint density at radius 1 is 1.00 bits per heavy atom. The number of rotatable bonds is 2. The van der Waals surface area contributed by atoms with Gasteiger partial charge in [0.1, 0.15) is 0 Å². The molecule has 124 valence electrons. The van der Waals surface area contributed by atoms with E-state index in [1.165, 1.54) is 32.1 Å². The van der Waals surface area contributed by atoms with E-state index in [0.717, 1.165) is 45.5 Å². The first kappa shape index (κ1) is 14.9. The van der Waals surface area contributed by atoms with Gasteiger partial charge in [-0.1, -0.05) is 19.3 Å². The third-order valence-corrected chi connectivity index (χ3v) is 6.14. The minimum atomic E-state index is -0.347. The van der Waals surface area contributed by atoms with E-state index in [9.17, 15) is 4.79 Å². The molecule has 0 radical (unpaired) electrons. The summed E-state index contributed by atoms with van der Waals surface area (Å²) in [6.45, 7) is 4.12. The summed E-state index contributed by atoms with van der Waals surface area (Å²) in [6, 6.07) is 0.680. The van der Waals surface area contributed by atoms with E-state index in [1.54, 1.807) is 5.06 Å². The van der Waals surface area contributed by atoms with Gasteiger partial charge in [-0.05, 0) is 32.1 Å². The Kier molecular flexibility index (Phi) is 4.13. The van der Waals surface area contributed by atoms with Crippen LogP contribution in [0.1, 0.15) is 51.4 Å². The van der Waals surface area contributed by atoms with Gasteiger partial charge in [0.05, 0.1) is 24.7 Å². The van der Waals surface area contributed by atoms with Crippen molar-refractivity contribution >= 4 is 5.91 Å². The van der Waals surface area contributed by atoms with Crippen LogP contribution in [0.15, 0.2) is 0 Å². The van der Waals surface area contributed by atoms with Crippen molar-refractivity contribution in [3.05, 3.63) is 0 Å². The predicted molar refractivity (Wildman–Crippen MR) is 82.1 cm³/mol. The van der Waals surface area contributed by atoms with E-state index in [2.05, 4.69) is 4.90 Å². The molecule has 1 aliphatic carbocycles. The molecule has 2 atom stereocenters. The number of carbonyl (C=O) groups excluding carboxylic acids is 1. The van der Waals surface area contributed by atoms with Crippen molar-refractivity contribution in [3.8, 4) is 0 Å². The van der Waals surface area contributed by atoms with Gasteiger partial charge in [0, 0.05) is 25.7 Å². The molecule has 1 amide bonds. The highest BCUT2D eigenvalue weighted by atomic mass is 16.7. The molecule has 0 N–H and O–H groups in total. The Hall–Kier alpha value is -0.650. The first-order valence-electron chi connectivity index (χ1n) is 9.10. The number of amides is 1. The second-order valence-electron chi connectivity index (χ2n) is 7.41. The SMILES string of the molecule is O=C(N1CCCO1)[C@]12CCO[C@H]1CCN(C1CCCCC1)C2. The largest absolute Gasteiger partial charge is 0.377 e. The predicted octanol–water partition coefficient (Wildman–Crippen LogP) is 1.96.